The normalized spacial score (nSPS) is 17.0. The summed E-state index contributed by atoms with van der Waals surface area (Å²) in [5, 5.41) is 15.8. The van der Waals surface area contributed by atoms with Crippen molar-refractivity contribution >= 4 is 23.2 Å². The molecule has 3 rings (SSSR count). The third-order valence-corrected chi connectivity index (χ3v) is 4.17. The molecule has 0 bridgehead atoms. The van der Waals surface area contributed by atoms with Gasteiger partial charge in [0.1, 0.15) is 6.17 Å². The smallest absolute Gasteiger partial charge is 0.317 e. The van der Waals surface area contributed by atoms with Crippen LogP contribution in [0.5, 0.6) is 0 Å². The maximum Gasteiger partial charge on any atom is 0.317 e. The first kappa shape index (κ1) is 13.8. The van der Waals surface area contributed by atoms with E-state index in [2.05, 4.69) is 5.32 Å². The van der Waals surface area contributed by atoms with Crippen LogP contribution < -0.4 is 5.32 Å². The molecule has 1 atom stereocenters. The molecule has 2 N–H and O–H groups in total. The molecule has 2 heterocycles. The van der Waals surface area contributed by atoms with Gasteiger partial charge in [0.15, 0.2) is 0 Å². The summed E-state index contributed by atoms with van der Waals surface area (Å²) in [5.74, 6) is -1.01. The Hall–Kier alpha value is -2.18. The highest BCUT2D eigenvalue weighted by Crippen LogP contribution is 2.32. The summed E-state index contributed by atoms with van der Waals surface area (Å²) in [5.41, 5.74) is 2.51. The highest BCUT2D eigenvalue weighted by Gasteiger charge is 2.36. The van der Waals surface area contributed by atoms with Gasteiger partial charge in [0.05, 0.1) is 6.54 Å². The van der Waals surface area contributed by atoms with Crippen molar-refractivity contribution in [2.45, 2.75) is 12.7 Å². The van der Waals surface area contributed by atoms with Crippen molar-refractivity contribution in [2.24, 2.45) is 0 Å². The number of benzene rings is 1. The number of rotatable bonds is 5. The minimum Gasteiger partial charge on any atom is -0.480 e. The molecule has 5 nitrogen and oxygen atoms in total. The molecule has 1 aliphatic rings. The van der Waals surface area contributed by atoms with Gasteiger partial charge in [-0.25, -0.2) is 0 Å². The van der Waals surface area contributed by atoms with Crippen LogP contribution in [0.25, 0.3) is 0 Å². The van der Waals surface area contributed by atoms with Crippen LogP contribution in [0.2, 0.25) is 0 Å². The van der Waals surface area contributed by atoms with Crippen molar-refractivity contribution < 1.29 is 14.7 Å². The lowest BCUT2D eigenvalue weighted by Crippen LogP contribution is -2.38. The molecule has 0 spiro atoms. The van der Waals surface area contributed by atoms with E-state index in [1.54, 1.807) is 22.3 Å². The highest BCUT2D eigenvalue weighted by atomic mass is 32.1. The summed E-state index contributed by atoms with van der Waals surface area (Å²) >= 11 is 1.58. The van der Waals surface area contributed by atoms with Gasteiger partial charge in [-0.1, -0.05) is 18.2 Å². The number of hydrogen-bond donors (Lipinski definition) is 2. The molecule has 1 aliphatic heterocycles. The van der Waals surface area contributed by atoms with Crippen molar-refractivity contribution in [1.82, 2.24) is 10.2 Å². The Morgan fingerprint density at radius 3 is 2.86 bits per heavy atom. The van der Waals surface area contributed by atoms with E-state index < -0.39 is 12.1 Å². The molecule has 0 saturated carbocycles. The number of aliphatic carboxylic acids is 1. The van der Waals surface area contributed by atoms with Gasteiger partial charge >= 0.3 is 5.97 Å². The second-order valence-corrected chi connectivity index (χ2v) is 5.61. The van der Waals surface area contributed by atoms with E-state index in [0.29, 0.717) is 12.1 Å². The van der Waals surface area contributed by atoms with Crippen LogP contribution in [0.1, 0.15) is 27.7 Å². The number of carboxylic acid groups (broad SMARTS) is 1. The maximum atomic E-state index is 12.5. The predicted molar refractivity (Wildman–Crippen MR) is 79.0 cm³/mol. The lowest BCUT2D eigenvalue weighted by atomic mass is 10.1. The lowest BCUT2D eigenvalue weighted by molar-refractivity contribution is -0.136. The minimum absolute atomic E-state index is 0.0697. The van der Waals surface area contributed by atoms with E-state index in [-0.39, 0.29) is 12.5 Å². The number of thiophene rings is 1. The SMILES string of the molecule is O=C(O)CNC1c2ccccc2C(=O)N1Cc1ccsc1. The molecule has 21 heavy (non-hydrogen) atoms. The fraction of sp³-hybridized carbons (Fsp3) is 0.200. The zero-order valence-electron chi connectivity index (χ0n) is 11.2. The molecule has 1 amide bonds. The Kier molecular flexibility index (Phi) is 3.72. The molecule has 2 aromatic rings. The Morgan fingerprint density at radius 1 is 1.33 bits per heavy atom. The van der Waals surface area contributed by atoms with Gasteiger partial charge in [-0.2, -0.15) is 11.3 Å². The Labute approximate surface area is 125 Å². The molecule has 6 heteroatoms. The zero-order chi connectivity index (χ0) is 14.8. The summed E-state index contributed by atoms with van der Waals surface area (Å²) < 4.78 is 0. The molecule has 0 radical (unpaired) electrons. The first-order chi connectivity index (χ1) is 10.2. The third-order valence-electron chi connectivity index (χ3n) is 3.44. The average Bonchev–Trinajstić information content (AvgIpc) is 3.06. The molecular formula is C15H14N2O3S. The van der Waals surface area contributed by atoms with Crippen LogP contribution >= 0.6 is 11.3 Å². The van der Waals surface area contributed by atoms with Gasteiger partial charge in [0.25, 0.3) is 5.91 Å². The van der Waals surface area contributed by atoms with E-state index in [9.17, 15) is 9.59 Å². The number of nitrogens with one attached hydrogen (secondary N) is 1. The van der Waals surface area contributed by atoms with Gasteiger partial charge in [0, 0.05) is 17.7 Å². The third kappa shape index (κ3) is 2.68. The molecule has 108 valence electrons. The summed E-state index contributed by atoms with van der Waals surface area (Å²) in [7, 11) is 0. The number of hydrogen-bond acceptors (Lipinski definition) is 4. The number of carbonyl (C=O) groups excluding carboxylic acids is 1. The number of fused-ring (bicyclic) bond motifs is 1. The second-order valence-electron chi connectivity index (χ2n) is 4.83. The van der Waals surface area contributed by atoms with Crippen molar-refractivity contribution in [3.8, 4) is 0 Å². The van der Waals surface area contributed by atoms with Gasteiger partial charge in [-0.15, -0.1) is 0 Å². The topological polar surface area (TPSA) is 69.6 Å². The number of carbonyl (C=O) groups is 2. The standard InChI is InChI=1S/C15H14N2O3S/c18-13(19)7-16-14-11-3-1-2-4-12(11)15(20)17(14)8-10-5-6-21-9-10/h1-6,9,14,16H,7-8H2,(H,18,19). The average molecular weight is 302 g/mol. The Bertz CT molecular complexity index is 669. The molecular weight excluding hydrogens is 288 g/mol. The summed E-state index contributed by atoms with van der Waals surface area (Å²) in [6.45, 7) is 0.278. The van der Waals surface area contributed by atoms with E-state index in [1.165, 1.54) is 0 Å². The molecule has 0 saturated heterocycles. The van der Waals surface area contributed by atoms with Gasteiger partial charge in [-0.3, -0.25) is 14.9 Å². The molecule has 0 aliphatic carbocycles. The molecule has 1 aromatic heterocycles. The number of amides is 1. The predicted octanol–water partition coefficient (Wildman–Crippen LogP) is 2.08. The van der Waals surface area contributed by atoms with E-state index >= 15 is 0 Å². The first-order valence-electron chi connectivity index (χ1n) is 6.53. The second kappa shape index (κ2) is 5.67. The first-order valence-corrected chi connectivity index (χ1v) is 7.47. The van der Waals surface area contributed by atoms with Crippen LogP contribution in [0.15, 0.2) is 41.1 Å². The van der Waals surface area contributed by atoms with E-state index in [4.69, 9.17) is 5.11 Å². The number of carboxylic acids is 1. The zero-order valence-corrected chi connectivity index (χ0v) is 12.0. The fourth-order valence-electron chi connectivity index (χ4n) is 2.52. The van der Waals surface area contributed by atoms with Crippen LogP contribution in [0.4, 0.5) is 0 Å². The largest absolute Gasteiger partial charge is 0.480 e. The Balaban J connectivity index is 1.90. The lowest BCUT2D eigenvalue weighted by Gasteiger charge is -2.25. The number of nitrogens with zero attached hydrogens (tertiary/aromatic N) is 1. The highest BCUT2D eigenvalue weighted by molar-refractivity contribution is 7.07. The molecule has 1 unspecified atom stereocenters. The van der Waals surface area contributed by atoms with Gasteiger partial charge in [-0.05, 0) is 28.5 Å². The van der Waals surface area contributed by atoms with Crippen molar-refractivity contribution in [2.75, 3.05) is 6.54 Å². The van der Waals surface area contributed by atoms with Crippen molar-refractivity contribution in [3.05, 3.63) is 57.8 Å². The van der Waals surface area contributed by atoms with Crippen LogP contribution in [0.3, 0.4) is 0 Å². The van der Waals surface area contributed by atoms with Crippen LogP contribution in [0, 0.1) is 0 Å². The quantitative estimate of drug-likeness (QED) is 0.887. The van der Waals surface area contributed by atoms with Crippen molar-refractivity contribution in [3.63, 3.8) is 0 Å². The van der Waals surface area contributed by atoms with Gasteiger partial charge in [0.2, 0.25) is 0 Å². The summed E-state index contributed by atoms with van der Waals surface area (Å²) in [6.07, 6.45) is -0.398. The van der Waals surface area contributed by atoms with Crippen LogP contribution in [-0.2, 0) is 11.3 Å². The molecule has 1 aromatic carbocycles. The summed E-state index contributed by atoms with van der Waals surface area (Å²) in [6, 6.07) is 9.28. The maximum absolute atomic E-state index is 12.5. The minimum atomic E-state index is -0.942. The Morgan fingerprint density at radius 2 is 2.14 bits per heavy atom. The fourth-order valence-corrected chi connectivity index (χ4v) is 3.18. The van der Waals surface area contributed by atoms with Gasteiger partial charge < -0.3 is 10.0 Å². The van der Waals surface area contributed by atoms with E-state index in [0.717, 1.165) is 11.1 Å². The van der Waals surface area contributed by atoms with E-state index in [1.807, 2.05) is 35.0 Å². The summed E-state index contributed by atoms with van der Waals surface area (Å²) in [4.78, 5) is 25.0. The van der Waals surface area contributed by atoms with Crippen molar-refractivity contribution in [1.29, 1.82) is 0 Å². The van der Waals surface area contributed by atoms with Crippen LogP contribution in [-0.4, -0.2) is 28.4 Å². The monoisotopic (exact) mass is 302 g/mol. The molecule has 0 fully saturated rings.